The van der Waals surface area contributed by atoms with Crippen molar-refractivity contribution in [3.63, 3.8) is 0 Å². The number of ether oxygens (including phenoxy) is 4. The van der Waals surface area contributed by atoms with E-state index in [1.54, 1.807) is 97.1 Å². The van der Waals surface area contributed by atoms with Crippen LogP contribution in [0.2, 0.25) is 18.1 Å². The Bertz CT molecular complexity index is 2890. The third-order valence-corrected chi connectivity index (χ3v) is 18.3. The summed E-state index contributed by atoms with van der Waals surface area (Å²) in [6.07, 6.45) is 15.1. The number of esters is 4. The van der Waals surface area contributed by atoms with Gasteiger partial charge in [0.05, 0.1) is 23.3 Å². The average Bonchev–Trinajstić information content (AvgIpc) is 3.40. The minimum atomic E-state index is -2.20. The second kappa shape index (κ2) is 29.7. The van der Waals surface area contributed by atoms with Gasteiger partial charge in [-0.3, -0.25) is 9.59 Å². The summed E-state index contributed by atoms with van der Waals surface area (Å²) in [7, 11) is -2.20. The van der Waals surface area contributed by atoms with Crippen molar-refractivity contribution in [2.45, 2.75) is 135 Å². The first-order valence-corrected chi connectivity index (χ1v) is 29.1. The van der Waals surface area contributed by atoms with Crippen LogP contribution in [-0.2, 0) is 36.3 Å². The van der Waals surface area contributed by atoms with Crippen LogP contribution < -0.4 is 14.8 Å². The Balaban J connectivity index is 0.000000293. The van der Waals surface area contributed by atoms with Crippen LogP contribution in [0.3, 0.4) is 0 Å². The number of hydrogen-bond donors (Lipinski definition) is 2. The predicted molar refractivity (Wildman–Crippen MR) is 300 cm³/mol. The Morgan fingerprint density at radius 3 is 1.69 bits per heavy atom. The molecule has 0 bridgehead atoms. The number of hydrogen-bond acceptors (Lipinski definition) is 12. The Hall–Kier alpha value is -7.69. The first-order chi connectivity index (χ1) is 37.2. The number of carbonyl (C=O) groups is 6. The minimum absolute atomic E-state index is 0.0242. The third kappa shape index (κ3) is 18.8. The average molecular weight is 1080 g/mol. The van der Waals surface area contributed by atoms with Gasteiger partial charge in [-0.05, 0) is 126 Å². The quantitative estimate of drug-likeness (QED) is 0.0197. The number of azide groups is 1. The highest BCUT2D eigenvalue weighted by molar-refractivity contribution is 6.74. The van der Waals surface area contributed by atoms with E-state index in [2.05, 4.69) is 62.2 Å². The molecular formula is C61H72N4O12Si. The van der Waals surface area contributed by atoms with Crippen molar-refractivity contribution in [3.05, 3.63) is 190 Å². The normalized spacial score (nSPS) is 21.0. The van der Waals surface area contributed by atoms with Crippen molar-refractivity contribution in [3.8, 4) is 11.5 Å². The lowest BCUT2D eigenvalue weighted by atomic mass is 9.93. The van der Waals surface area contributed by atoms with Crippen molar-refractivity contribution >= 4 is 44.0 Å². The lowest BCUT2D eigenvalue weighted by molar-refractivity contribution is -0.118. The van der Waals surface area contributed by atoms with Gasteiger partial charge < -0.3 is 33.8 Å². The van der Waals surface area contributed by atoms with Crippen molar-refractivity contribution in [1.82, 2.24) is 5.32 Å². The lowest BCUT2D eigenvalue weighted by Crippen LogP contribution is -2.46. The molecule has 2 amide bonds. The summed E-state index contributed by atoms with van der Waals surface area (Å²) >= 11 is 0. The lowest BCUT2D eigenvalue weighted by Gasteiger charge is -2.41. The summed E-state index contributed by atoms with van der Waals surface area (Å²) < 4.78 is 30.1. The van der Waals surface area contributed by atoms with E-state index in [0.717, 1.165) is 6.42 Å². The number of fused-ring (bicyclic) bond motifs is 2. The van der Waals surface area contributed by atoms with E-state index in [9.17, 15) is 33.9 Å². The fraction of sp³-hybridized carbons (Fsp3) is 0.377. The second-order valence-electron chi connectivity index (χ2n) is 20.9. The molecule has 0 aromatic heterocycles. The van der Waals surface area contributed by atoms with Crippen LogP contribution in [0.15, 0.2) is 151 Å². The maximum atomic E-state index is 13.9. The number of rotatable bonds is 12. The maximum Gasteiger partial charge on any atom is 0.343 e. The van der Waals surface area contributed by atoms with Gasteiger partial charge in [0.25, 0.3) is 0 Å². The molecule has 0 fully saturated rings. The van der Waals surface area contributed by atoms with Crippen LogP contribution in [0.1, 0.15) is 133 Å². The molecule has 0 spiro atoms. The van der Waals surface area contributed by atoms with E-state index in [0.29, 0.717) is 54.4 Å². The highest BCUT2D eigenvalue weighted by atomic mass is 28.4. The molecule has 0 saturated carbocycles. The molecule has 4 aromatic rings. The van der Waals surface area contributed by atoms with E-state index in [4.69, 9.17) is 28.9 Å². The molecule has 2 heterocycles. The van der Waals surface area contributed by atoms with Crippen LogP contribution in [0.25, 0.3) is 10.4 Å². The predicted octanol–water partition coefficient (Wildman–Crippen LogP) is 12.5. The summed E-state index contributed by atoms with van der Waals surface area (Å²) in [6, 6.07) is 27.3. The highest BCUT2D eigenvalue weighted by Crippen LogP contribution is 2.40. The third-order valence-electron chi connectivity index (χ3n) is 13.8. The van der Waals surface area contributed by atoms with Crippen molar-refractivity contribution in [1.29, 1.82) is 0 Å². The van der Waals surface area contributed by atoms with Crippen LogP contribution in [0, 0.1) is 11.8 Å². The number of allylic oxidation sites excluding steroid dienone is 4. The SMILES string of the molecule is CC(=O)N/C=C/C[C@H]1C[C@@H](O)[C@@H](C)C/C=C/Cc2cccc(OC(=O)c3ccccc3)c2C(=O)O1.C[C@H]1C/C=C/Cc2cccc(OC(=O)c3ccccc3)c2C(=O)O[C@@H](C/C=C/C(=O)N=[N+]=[N-])C[C@H]1O[Si](C)(C)C(C)(C)C. The van der Waals surface area contributed by atoms with Crippen LogP contribution in [0.4, 0.5) is 0 Å². The second-order valence-corrected chi connectivity index (χ2v) is 25.6. The van der Waals surface area contributed by atoms with E-state index in [-0.39, 0.29) is 64.4 Å². The first kappa shape index (κ1) is 61.2. The van der Waals surface area contributed by atoms with Gasteiger partial charge in [-0.1, -0.05) is 132 Å². The zero-order valence-corrected chi connectivity index (χ0v) is 46.8. The number of nitrogens with one attached hydrogen (secondary N) is 1. The van der Waals surface area contributed by atoms with E-state index < -0.39 is 56.4 Å². The van der Waals surface area contributed by atoms with E-state index >= 15 is 0 Å². The summed E-state index contributed by atoms with van der Waals surface area (Å²) in [5.74, 6) is -3.07. The number of nitrogens with zero attached hydrogens (tertiary/aromatic N) is 3. The molecule has 17 heteroatoms. The summed E-state index contributed by atoms with van der Waals surface area (Å²) in [5.41, 5.74) is 11.0. The van der Waals surface area contributed by atoms with Gasteiger partial charge >= 0.3 is 23.9 Å². The monoisotopic (exact) mass is 1080 g/mol. The summed E-state index contributed by atoms with van der Waals surface area (Å²) in [6.45, 7) is 16.4. The largest absolute Gasteiger partial charge is 0.458 e. The number of aliphatic hydroxyl groups excluding tert-OH is 1. The van der Waals surface area contributed by atoms with Gasteiger partial charge in [-0.2, -0.15) is 0 Å². The highest BCUT2D eigenvalue weighted by Gasteiger charge is 2.41. The molecule has 16 nitrogen and oxygen atoms in total. The Labute approximate surface area is 458 Å². The van der Waals surface area contributed by atoms with Gasteiger partial charge in [-0.15, -0.1) is 0 Å². The number of aliphatic hydroxyl groups is 1. The number of carbonyl (C=O) groups excluding carboxylic acids is 6. The minimum Gasteiger partial charge on any atom is -0.458 e. The molecule has 2 aliphatic heterocycles. The number of cyclic esters (lactones) is 2. The van der Waals surface area contributed by atoms with Crippen molar-refractivity contribution in [2.75, 3.05) is 0 Å². The van der Waals surface area contributed by atoms with Crippen molar-refractivity contribution in [2.24, 2.45) is 17.0 Å². The molecular weight excluding hydrogens is 1010 g/mol. The van der Waals surface area contributed by atoms with Crippen LogP contribution in [0.5, 0.6) is 11.5 Å². The molecule has 6 rings (SSSR count). The smallest absolute Gasteiger partial charge is 0.343 e. The molecule has 2 N–H and O–H groups in total. The van der Waals surface area contributed by atoms with E-state index in [1.165, 1.54) is 25.3 Å². The molecule has 2 aliphatic rings. The Kier molecular flexibility index (Phi) is 23.3. The molecule has 0 unspecified atom stereocenters. The summed E-state index contributed by atoms with van der Waals surface area (Å²) in [5, 5.41) is 16.3. The maximum absolute atomic E-state index is 13.9. The number of amides is 2. The molecule has 0 aliphatic carbocycles. The first-order valence-electron chi connectivity index (χ1n) is 26.2. The number of benzene rings is 4. The van der Waals surface area contributed by atoms with E-state index in [1.807, 2.05) is 31.2 Å². The fourth-order valence-electron chi connectivity index (χ4n) is 8.26. The van der Waals surface area contributed by atoms with Gasteiger partial charge in [0, 0.05) is 37.5 Å². The topological polar surface area (TPSA) is 230 Å². The molecule has 4 aromatic carbocycles. The van der Waals surface area contributed by atoms with Gasteiger partial charge in [0.1, 0.15) is 34.8 Å². The van der Waals surface area contributed by atoms with Crippen LogP contribution in [-0.4, -0.2) is 73.5 Å². The van der Waals surface area contributed by atoms with Gasteiger partial charge in [0.15, 0.2) is 8.32 Å². The molecule has 6 atom stereocenters. The Morgan fingerprint density at radius 1 is 0.718 bits per heavy atom. The molecule has 78 heavy (non-hydrogen) atoms. The van der Waals surface area contributed by atoms with Gasteiger partial charge in [0.2, 0.25) is 11.8 Å². The zero-order valence-electron chi connectivity index (χ0n) is 45.8. The molecule has 0 radical (unpaired) electrons. The zero-order chi connectivity index (χ0) is 56.8. The van der Waals surface area contributed by atoms with Crippen molar-refractivity contribution < 1.29 is 57.2 Å². The van der Waals surface area contributed by atoms with Gasteiger partial charge in [-0.25, -0.2) is 19.2 Å². The fourth-order valence-corrected chi connectivity index (χ4v) is 9.70. The standard InChI is InChI=1S/C33H41N3O6Si.C28H31NO6/c1-23-14-10-11-15-24-18-12-20-27(41-31(38)25-16-8-7-9-17-25)30(24)32(39)40-26(19-13-21-29(37)35-36-34)22-28(23)42-43(5,6)33(2,3)4;1-19-10-6-7-11-21-14-8-16-25(35-27(32)22-12-4-3-5-13-22)26(21)28(33)34-23(18-24(19)31)15-9-17-29-20(2)30/h7-13,16-18,20-21,23,26,28H,14-15,19,22H2,1-6H3;3-9,12-14,16-17,19,23-24,31H,10-11,15,18H2,1-2H3,(H,29,30)/b11-10+,21-13+;7-6+,17-9+/t23-,26-,28+;19-,23-,24+/m00/s1. The summed E-state index contributed by atoms with van der Waals surface area (Å²) in [4.78, 5) is 78.3. The Morgan fingerprint density at radius 2 is 1.21 bits per heavy atom. The molecule has 0 saturated heterocycles. The molecule has 412 valence electrons. The van der Waals surface area contributed by atoms with Crippen LogP contribution >= 0.6 is 0 Å².